The van der Waals surface area contributed by atoms with Crippen molar-refractivity contribution in [3.05, 3.63) is 95.4 Å². The lowest BCUT2D eigenvalue weighted by atomic mass is 9.87. The number of aryl methyl sites for hydroxylation is 2. The Balaban J connectivity index is 0.000000221. The zero-order valence-corrected chi connectivity index (χ0v) is 23.3. The SMILES string of the molecule is Cc1cc(C)cc(-c2cc(C(C)(C)C)[o+]c(C(C)(C)C)c2)c1.O=S(=O)([O-])c1ccc2ccccc2c1. The van der Waals surface area contributed by atoms with Crippen LogP contribution in [0.5, 0.6) is 0 Å². The topological polar surface area (TPSA) is 68.5 Å². The monoisotopic (exact) mass is 504 g/mol. The molecule has 190 valence electrons. The van der Waals surface area contributed by atoms with Crippen molar-refractivity contribution in [1.82, 2.24) is 0 Å². The van der Waals surface area contributed by atoms with Gasteiger partial charge in [0.05, 0.1) is 15.7 Å². The summed E-state index contributed by atoms with van der Waals surface area (Å²) >= 11 is 0. The van der Waals surface area contributed by atoms with Crippen LogP contribution in [0.1, 0.15) is 64.2 Å². The standard InChI is InChI=1S/C21H29O.C10H8O3S/c1-14-9-15(2)11-16(10-14)17-12-18(20(3,4)5)22-19(13-17)21(6,7)8;11-14(12,13)10-6-5-8-3-1-2-4-9(8)7-10/h9-13H,1-8H3;1-7H,(H,11,12,13)/q+1;/p-1. The first-order chi connectivity index (χ1) is 16.5. The molecule has 0 spiro atoms. The van der Waals surface area contributed by atoms with E-state index in [2.05, 4.69) is 85.7 Å². The van der Waals surface area contributed by atoms with Gasteiger partial charge in [0, 0.05) is 12.1 Å². The van der Waals surface area contributed by atoms with Gasteiger partial charge in [0.15, 0.2) is 0 Å². The summed E-state index contributed by atoms with van der Waals surface area (Å²) in [6, 6.07) is 22.7. The second kappa shape index (κ2) is 10.2. The fraction of sp³-hybridized carbons (Fsp3) is 0.323. The first kappa shape index (κ1) is 27.6. The molecule has 0 unspecified atom stereocenters. The fourth-order valence-electron chi connectivity index (χ4n) is 3.87. The molecule has 1 aromatic heterocycles. The van der Waals surface area contributed by atoms with Crippen molar-refractivity contribution in [2.24, 2.45) is 0 Å². The number of hydrogen-bond donors (Lipinski definition) is 0. The Hall–Kier alpha value is -3.02. The lowest BCUT2D eigenvalue weighted by molar-refractivity contribution is 0.329. The van der Waals surface area contributed by atoms with E-state index in [-0.39, 0.29) is 15.7 Å². The van der Waals surface area contributed by atoms with Gasteiger partial charge in [0.2, 0.25) is 0 Å². The van der Waals surface area contributed by atoms with Crippen LogP contribution in [0.3, 0.4) is 0 Å². The maximum atomic E-state index is 10.7. The van der Waals surface area contributed by atoms with Crippen molar-refractivity contribution in [1.29, 1.82) is 0 Å². The first-order valence-electron chi connectivity index (χ1n) is 12.1. The van der Waals surface area contributed by atoms with Gasteiger partial charge in [0.1, 0.15) is 10.1 Å². The average Bonchev–Trinajstić information content (AvgIpc) is 2.76. The Bertz CT molecular complexity index is 1440. The Morgan fingerprint density at radius 1 is 0.639 bits per heavy atom. The Morgan fingerprint density at radius 2 is 1.11 bits per heavy atom. The fourth-order valence-corrected chi connectivity index (χ4v) is 4.38. The molecule has 5 heteroatoms. The molecule has 1 heterocycles. The summed E-state index contributed by atoms with van der Waals surface area (Å²) in [4.78, 5) is -0.184. The molecular weight excluding hydrogens is 468 g/mol. The molecule has 0 aliphatic heterocycles. The van der Waals surface area contributed by atoms with E-state index in [0.29, 0.717) is 0 Å². The van der Waals surface area contributed by atoms with Gasteiger partial charge >= 0.3 is 11.5 Å². The summed E-state index contributed by atoms with van der Waals surface area (Å²) in [5.74, 6) is 2.07. The predicted molar refractivity (Wildman–Crippen MR) is 147 cm³/mol. The van der Waals surface area contributed by atoms with E-state index in [9.17, 15) is 13.0 Å². The van der Waals surface area contributed by atoms with Crippen molar-refractivity contribution >= 4 is 20.9 Å². The van der Waals surface area contributed by atoms with E-state index >= 15 is 0 Å². The summed E-state index contributed by atoms with van der Waals surface area (Å²) in [6.45, 7) is 17.5. The van der Waals surface area contributed by atoms with Crippen molar-refractivity contribution < 1.29 is 17.4 Å². The smallest absolute Gasteiger partial charge is 0.335 e. The number of fused-ring (bicyclic) bond motifs is 1. The van der Waals surface area contributed by atoms with E-state index in [1.165, 1.54) is 34.4 Å². The maximum absolute atomic E-state index is 10.7. The summed E-state index contributed by atoms with van der Waals surface area (Å²) in [5, 5.41) is 1.67. The summed E-state index contributed by atoms with van der Waals surface area (Å²) in [5.41, 5.74) is 5.09. The van der Waals surface area contributed by atoms with Gasteiger partial charge in [-0.05, 0) is 89.4 Å². The Labute approximate surface area is 215 Å². The number of benzene rings is 3. The van der Waals surface area contributed by atoms with E-state index < -0.39 is 10.1 Å². The third-order valence-corrected chi connectivity index (χ3v) is 6.67. The van der Waals surface area contributed by atoms with Gasteiger partial charge in [-0.25, -0.2) is 12.8 Å². The highest BCUT2D eigenvalue weighted by Gasteiger charge is 2.34. The minimum Gasteiger partial charge on any atom is -0.744 e. The summed E-state index contributed by atoms with van der Waals surface area (Å²) in [7, 11) is -4.34. The maximum Gasteiger partial charge on any atom is 0.335 e. The van der Waals surface area contributed by atoms with Gasteiger partial charge in [-0.2, -0.15) is 0 Å². The van der Waals surface area contributed by atoms with Crippen molar-refractivity contribution in [2.45, 2.75) is 71.1 Å². The van der Waals surface area contributed by atoms with Gasteiger partial charge < -0.3 is 4.55 Å². The van der Waals surface area contributed by atoms with Gasteiger partial charge in [0.25, 0.3) is 0 Å². The summed E-state index contributed by atoms with van der Waals surface area (Å²) in [6.07, 6.45) is 0. The minimum atomic E-state index is -4.34. The van der Waals surface area contributed by atoms with Crippen LogP contribution in [0, 0.1) is 13.8 Å². The third-order valence-electron chi connectivity index (χ3n) is 5.84. The minimum absolute atomic E-state index is 0.00508. The molecule has 0 fully saturated rings. The highest BCUT2D eigenvalue weighted by Crippen LogP contribution is 2.34. The van der Waals surface area contributed by atoms with Gasteiger partial charge in [-0.15, -0.1) is 0 Å². The molecule has 4 rings (SSSR count). The molecule has 0 atom stereocenters. The molecule has 0 radical (unpaired) electrons. The second-order valence-corrected chi connectivity index (χ2v) is 12.8. The molecule has 0 saturated carbocycles. The second-order valence-electron chi connectivity index (χ2n) is 11.4. The normalized spacial score (nSPS) is 12.2. The van der Waals surface area contributed by atoms with Gasteiger partial charge in [-0.3, -0.25) is 0 Å². The van der Waals surface area contributed by atoms with Crippen molar-refractivity contribution in [3.63, 3.8) is 0 Å². The zero-order valence-electron chi connectivity index (χ0n) is 22.5. The molecule has 4 aromatic rings. The largest absolute Gasteiger partial charge is 0.744 e. The van der Waals surface area contributed by atoms with Crippen LogP contribution in [-0.4, -0.2) is 13.0 Å². The highest BCUT2D eigenvalue weighted by molar-refractivity contribution is 7.85. The predicted octanol–water partition coefficient (Wildman–Crippen LogP) is 8.18. The van der Waals surface area contributed by atoms with Crippen LogP contribution >= 0.6 is 0 Å². The molecule has 0 aliphatic carbocycles. The number of rotatable bonds is 2. The first-order valence-corrected chi connectivity index (χ1v) is 13.5. The van der Waals surface area contributed by atoms with Gasteiger partial charge in [-0.1, -0.05) is 59.7 Å². The molecular formula is C31H36O4S. The molecule has 0 N–H and O–H groups in total. The van der Waals surface area contributed by atoms with E-state index in [0.717, 1.165) is 22.3 Å². The third kappa shape index (κ3) is 7.02. The van der Waals surface area contributed by atoms with Crippen LogP contribution < -0.4 is 0 Å². The van der Waals surface area contributed by atoms with Crippen molar-refractivity contribution in [3.8, 4) is 11.1 Å². The van der Waals surface area contributed by atoms with Crippen LogP contribution in [0.2, 0.25) is 0 Å². The van der Waals surface area contributed by atoms with Crippen LogP contribution in [-0.2, 0) is 20.9 Å². The van der Waals surface area contributed by atoms with Crippen LogP contribution in [0.15, 0.2) is 82.1 Å². The summed E-state index contributed by atoms with van der Waals surface area (Å²) < 4.78 is 38.4. The van der Waals surface area contributed by atoms with Crippen LogP contribution in [0.25, 0.3) is 21.9 Å². The molecule has 36 heavy (non-hydrogen) atoms. The zero-order chi connectivity index (χ0) is 26.9. The Kier molecular flexibility index (Phi) is 7.77. The Morgan fingerprint density at radius 3 is 1.58 bits per heavy atom. The molecule has 4 nitrogen and oxygen atoms in total. The average molecular weight is 505 g/mol. The molecule has 0 aliphatic rings. The molecule has 0 bridgehead atoms. The molecule has 3 aromatic carbocycles. The molecule has 0 amide bonds. The number of hydrogen-bond acceptors (Lipinski definition) is 3. The van der Waals surface area contributed by atoms with E-state index in [1.54, 1.807) is 18.2 Å². The highest BCUT2D eigenvalue weighted by atomic mass is 32.2. The van der Waals surface area contributed by atoms with Crippen molar-refractivity contribution in [2.75, 3.05) is 0 Å². The molecule has 0 saturated heterocycles. The van der Waals surface area contributed by atoms with Crippen LogP contribution in [0.4, 0.5) is 0 Å². The van der Waals surface area contributed by atoms with E-state index in [1.807, 2.05) is 12.1 Å². The quantitative estimate of drug-likeness (QED) is 0.204. The van der Waals surface area contributed by atoms with E-state index in [4.69, 9.17) is 4.42 Å². The lowest BCUT2D eigenvalue weighted by Gasteiger charge is -2.15. The lowest BCUT2D eigenvalue weighted by Crippen LogP contribution is -2.16.